The lowest BCUT2D eigenvalue weighted by atomic mass is 10.2. The molecule has 0 aromatic carbocycles. The first-order valence-electron chi connectivity index (χ1n) is 4.80. The lowest BCUT2D eigenvalue weighted by Gasteiger charge is -2.11. The number of hydrogen-bond donors (Lipinski definition) is 2. The summed E-state index contributed by atoms with van der Waals surface area (Å²) < 4.78 is 4.84. The molecular weight excluding hydrogens is 180 g/mol. The second-order valence-electron chi connectivity index (χ2n) is 3.16. The van der Waals surface area contributed by atoms with Crippen molar-refractivity contribution in [2.24, 2.45) is 0 Å². The van der Waals surface area contributed by atoms with E-state index in [4.69, 9.17) is 4.74 Å². The van der Waals surface area contributed by atoms with Gasteiger partial charge in [-0.15, -0.1) is 6.58 Å². The average Bonchev–Trinajstić information content (AvgIpc) is 2.13. The van der Waals surface area contributed by atoms with Crippen LogP contribution in [0.1, 0.15) is 13.3 Å². The van der Waals surface area contributed by atoms with E-state index in [9.17, 15) is 4.79 Å². The van der Waals surface area contributed by atoms with E-state index < -0.39 is 0 Å². The molecule has 0 saturated heterocycles. The van der Waals surface area contributed by atoms with Gasteiger partial charge in [0.25, 0.3) is 0 Å². The summed E-state index contributed by atoms with van der Waals surface area (Å²) in [5, 5.41) is 5.81. The maximum atomic E-state index is 11.2. The van der Waals surface area contributed by atoms with Crippen molar-refractivity contribution in [1.82, 2.24) is 10.6 Å². The van der Waals surface area contributed by atoms with Crippen LogP contribution in [0.15, 0.2) is 12.7 Å². The van der Waals surface area contributed by atoms with E-state index >= 15 is 0 Å². The van der Waals surface area contributed by atoms with Gasteiger partial charge in [-0.25, -0.2) is 0 Å². The van der Waals surface area contributed by atoms with Crippen LogP contribution in [0.2, 0.25) is 0 Å². The predicted octanol–water partition coefficient (Wildman–Crippen LogP) is 0.303. The van der Waals surface area contributed by atoms with Crippen molar-refractivity contribution in [2.45, 2.75) is 19.4 Å². The minimum atomic E-state index is 0.00968. The Hall–Kier alpha value is -0.870. The van der Waals surface area contributed by atoms with Gasteiger partial charge >= 0.3 is 0 Å². The van der Waals surface area contributed by atoms with Gasteiger partial charge in [-0.3, -0.25) is 4.79 Å². The molecule has 1 unspecified atom stereocenters. The normalized spacial score (nSPS) is 12.1. The Kier molecular flexibility index (Phi) is 8.17. The Balaban J connectivity index is 3.40. The monoisotopic (exact) mass is 200 g/mol. The van der Waals surface area contributed by atoms with E-state index in [0.717, 1.165) is 6.42 Å². The van der Waals surface area contributed by atoms with Gasteiger partial charge in [-0.2, -0.15) is 0 Å². The molecule has 0 heterocycles. The molecule has 0 rings (SSSR count). The van der Waals surface area contributed by atoms with Crippen molar-refractivity contribution in [3.8, 4) is 0 Å². The zero-order valence-electron chi connectivity index (χ0n) is 9.01. The summed E-state index contributed by atoms with van der Waals surface area (Å²) in [7, 11) is 1.63. The molecule has 2 N–H and O–H groups in total. The molecule has 0 radical (unpaired) electrons. The van der Waals surface area contributed by atoms with Crippen LogP contribution in [0.4, 0.5) is 0 Å². The summed E-state index contributed by atoms with van der Waals surface area (Å²) in [6, 6.07) is 0.157. The van der Waals surface area contributed by atoms with Crippen LogP contribution in [0.5, 0.6) is 0 Å². The molecule has 0 bridgehead atoms. The van der Waals surface area contributed by atoms with E-state index in [-0.39, 0.29) is 11.9 Å². The minimum Gasteiger partial charge on any atom is -0.383 e. The number of carbonyl (C=O) groups excluding carboxylic acids is 1. The van der Waals surface area contributed by atoms with E-state index in [1.807, 2.05) is 6.92 Å². The van der Waals surface area contributed by atoms with E-state index in [2.05, 4.69) is 17.2 Å². The Morgan fingerprint density at radius 3 is 2.93 bits per heavy atom. The number of carbonyl (C=O) groups is 1. The smallest absolute Gasteiger partial charge is 0.234 e. The van der Waals surface area contributed by atoms with Crippen molar-refractivity contribution >= 4 is 5.91 Å². The predicted molar refractivity (Wildman–Crippen MR) is 57.2 cm³/mol. The zero-order valence-corrected chi connectivity index (χ0v) is 9.01. The molecule has 4 heteroatoms. The number of methoxy groups -OCH3 is 1. The molecule has 0 aromatic rings. The highest BCUT2D eigenvalue weighted by molar-refractivity contribution is 5.78. The fraction of sp³-hybridized carbons (Fsp3) is 0.700. The third-order valence-electron chi connectivity index (χ3n) is 1.70. The topological polar surface area (TPSA) is 50.4 Å². The highest BCUT2D eigenvalue weighted by Crippen LogP contribution is 1.89. The van der Waals surface area contributed by atoms with Gasteiger partial charge in [0.15, 0.2) is 0 Å². The van der Waals surface area contributed by atoms with Gasteiger partial charge in [0.05, 0.1) is 13.2 Å². The molecule has 0 fully saturated rings. The SMILES string of the molecule is C=CCC(C)NC(=O)CNCCOC. The van der Waals surface area contributed by atoms with Crippen LogP contribution >= 0.6 is 0 Å². The molecule has 0 aromatic heterocycles. The summed E-state index contributed by atoms with van der Waals surface area (Å²) in [6.07, 6.45) is 2.59. The maximum Gasteiger partial charge on any atom is 0.234 e. The molecule has 14 heavy (non-hydrogen) atoms. The molecule has 0 aliphatic rings. The van der Waals surface area contributed by atoms with Gasteiger partial charge in [0, 0.05) is 19.7 Å². The first kappa shape index (κ1) is 13.1. The molecule has 0 aliphatic carbocycles. The van der Waals surface area contributed by atoms with Crippen LogP contribution in [-0.2, 0) is 9.53 Å². The van der Waals surface area contributed by atoms with Crippen molar-refractivity contribution in [3.05, 3.63) is 12.7 Å². The van der Waals surface area contributed by atoms with Crippen LogP contribution in [0, 0.1) is 0 Å². The summed E-state index contributed by atoms with van der Waals surface area (Å²) in [6.45, 7) is 7.22. The molecule has 0 aliphatic heterocycles. The number of hydrogen-bond acceptors (Lipinski definition) is 3. The summed E-state index contributed by atoms with van der Waals surface area (Å²) in [4.78, 5) is 11.2. The van der Waals surface area contributed by atoms with Gasteiger partial charge in [0.2, 0.25) is 5.91 Å². The molecule has 4 nitrogen and oxygen atoms in total. The van der Waals surface area contributed by atoms with Gasteiger partial charge < -0.3 is 15.4 Å². The summed E-state index contributed by atoms with van der Waals surface area (Å²) in [5.41, 5.74) is 0. The quantitative estimate of drug-likeness (QED) is 0.438. The van der Waals surface area contributed by atoms with E-state index in [1.54, 1.807) is 13.2 Å². The standard InChI is InChI=1S/C10H20N2O2/c1-4-5-9(2)12-10(13)8-11-6-7-14-3/h4,9,11H,1,5-8H2,2-3H3,(H,12,13). The largest absolute Gasteiger partial charge is 0.383 e. The molecule has 82 valence electrons. The second-order valence-corrected chi connectivity index (χ2v) is 3.16. The van der Waals surface area contributed by atoms with Crippen LogP contribution in [0.25, 0.3) is 0 Å². The molecule has 0 saturated carbocycles. The van der Waals surface area contributed by atoms with Crippen molar-refractivity contribution in [1.29, 1.82) is 0 Å². The molecule has 1 amide bonds. The van der Waals surface area contributed by atoms with Gasteiger partial charge in [0.1, 0.15) is 0 Å². The third kappa shape index (κ3) is 7.76. The highest BCUT2D eigenvalue weighted by Gasteiger charge is 2.04. The number of rotatable bonds is 8. The van der Waals surface area contributed by atoms with Crippen LogP contribution in [-0.4, -0.2) is 38.8 Å². The molecule has 0 spiro atoms. The average molecular weight is 200 g/mol. The van der Waals surface area contributed by atoms with Crippen molar-refractivity contribution in [3.63, 3.8) is 0 Å². The summed E-state index contributed by atoms with van der Waals surface area (Å²) >= 11 is 0. The first-order valence-corrected chi connectivity index (χ1v) is 4.80. The Bertz CT molecular complexity index is 172. The lowest BCUT2D eigenvalue weighted by molar-refractivity contribution is -0.120. The molecular formula is C10H20N2O2. The van der Waals surface area contributed by atoms with E-state index in [1.165, 1.54) is 0 Å². The van der Waals surface area contributed by atoms with Crippen LogP contribution < -0.4 is 10.6 Å². The van der Waals surface area contributed by atoms with Crippen LogP contribution in [0.3, 0.4) is 0 Å². The van der Waals surface area contributed by atoms with Gasteiger partial charge in [-0.05, 0) is 13.3 Å². The second kappa shape index (κ2) is 8.72. The Labute approximate surface area is 85.7 Å². The highest BCUT2D eigenvalue weighted by atomic mass is 16.5. The number of amides is 1. The third-order valence-corrected chi connectivity index (χ3v) is 1.70. The lowest BCUT2D eigenvalue weighted by Crippen LogP contribution is -2.39. The van der Waals surface area contributed by atoms with Crippen molar-refractivity contribution < 1.29 is 9.53 Å². The first-order chi connectivity index (χ1) is 6.70. The molecule has 1 atom stereocenters. The maximum absolute atomic E-state index is 11.2. The fourth-order valence-corrected chi connectivity index (χ4v) is 1.01. The Morgan fingerprint density at radius 2 is 2.36 bits per heavy atom. The number of nitrogens with one attached hydrogen (secondary N) is 2. The van der Waals surface area contributed by atoms with Gasteiger partial charge in [-0.1, -0.05) is 6.08 Å². The zero-order chi connectivity index (χ0) is 10.8. The summed E-state index contributed by atoms with van der Waals surface area (Å²) in [5.74, 6) is 0.00968. The Morgan fingerprint density at radius 1 is 1.64 bits per heavy atom. The fourth-order valence-electron chi connectivity index (χ4n) is 1.01. The van der Waals surface area contributed by atoms with Crippen molar-refractivity contribution in [2.75, 3.05) is 26.8 Å². The number of ether oxygens (including phenoxy) is 1. The van der Waals surface area contributed by atoms with E-state index in [0.29, 0.717) is 19.7 Å². The minimum absolute atomic E-state index is 0.00968.